The number of rotatable bonds is 2. The third kappa shape index (κ3) is 2.82. The van der Waals surface area contributed by atoms with E-state index in [2.05, 4.69) is 20.7 Å². The van der Waals surface area contributed by atoms with Crippen LogP contribution < -0.4 is 4.74 Å². The maximum absolute atomic E-state index is 10.4. The molecule has 0 amide bonds. The summed E-state index contributed by atoms with van der Waals surface area (Å²) < 4.78 is 5.11. The van der Waals surface area contributed by atoms with Gasteiger partial charge in [0.25, 0.3) is 0 Å². The van der Waals surface area contributed by atoms with Crippen molar-refractivity contribution in [3.05, 3.63) is 28.2 Å². The summed E-state index contributed by atoms with van der Waals surface area (Å²) in [6.07, 6.45) is 0.692. The molecule has 1 rings (SSSR count). The van der Waals surface area contributed by atoms with Crippen LogP contribution in [0.2, 0.25) is 0 Å². The highest BCUT2D eigenvalue weighted by molar-refractivity contribution is 9.10. The minimum Gasteiger partial charge on any atom is -0.413 e. The first-order valence-corrected chi connectivity index (χ1v) is 4.42. The average Bonchev–Trinajstić information content (AvgIpc) is 2.08. The molecule has 1 aromatic rings. The van der Waals surface area contributed by atoms with E-state index in [1.807, 2.05) is 0 Å². The fourth-order valence-electron chi connectivity index (χ4n) is 0.760. The largest absolute Gasteiger partial charge is 0.413 e. The lowest BCUT2D eigenvalue weighted by Crippen LogP contribution is -1.97. The summed E-state index contributed by atoms with van der Waals surface area (Å²) in [7, 11) is 0. The number of aldehydes is 1. The summed E-state index contributed by atoms with van der Waals surface area (Å²) in [6, 6.07) is 4.53. The van der Waals surface area contributed by atoms with Crippen LogP contribution in [0.4, 0.5) is 4.79 Å². The number of halogens is 2. The molecule has 3 nitrogen and oxygen atoms in total. The standard InChI is InChI=1S/C8H4BrClO3/c9-6-3-5(4-11)1-2-7(6)13-8(10)12/h1-4H. The van der Waals surface area contributed by atoms with Gasteiger partial charge in [0, 0.05) is 17.2 Å². The van der Waals surface area contributed by atoms with Crippen molar-refractivity contribution in [2.24, 2.45) is 0 Å². The molecule has 1 aromatic carbocycles. The molecule has 0 radical (unpaired) electrons. The summed E-state index contributed by atoms with van der Waals surface area (Å²) in [6.45, 7) is 0. The number of hydrogen-bond acceptors (Lipinski definition) is 3. The summed E-state index contributed by atoms with van der Waals surface area (Å²) in [4.78, 5) is 20.7. The Labute approximate surface area is 87.8 Å². The third-order valence-electron chi connectivity index (χ3n) is 1.28. The van der Waals surface area contributed by atoms with Crippen molar-refractivity contribution in [1.29, 1.82) is 0 Å². The molecule has 0 saturated carbocycles. The second-order valence-electron chi connectivity index (χ2n) is 2.15. The number of hydrogen-bond donors (Lipinski definition) is 0. The third-order valence-corrected chi connectivity index (χ3v) is 1.98. The van der Waals surface area contributed by atoms with Gasteiger partial charge < -0.3 is 4.74 Å². The minimum atomic E-state index is -0.917. The van der Waals surface area contributed by atoms with Crippen LogP contribution in [0, 0.1) is 0 Å². The topological polar surface area (TPSA) is 43.4 Å². The zero-order valence-electron chi connectivity index (χ0n) is 6.29. The number of carbonyl (C=O) groups excluding carboxylic acids is 2. The summed E-state index contributed by atoms with van der Waals surface area (Å²) in [5.74, 6) is 0.283. The van der Waals surface area contributed by atoms with E-state index in [0.29, 0.717) is 16.3 Å². The van der Waals surface area contributed by atoms with Gasteiger partial charge in [0.2, 0.25) is 0 Å². The molecular weight excluding hydrogens is 259 g/mol. The van der Waals surface area contributed by atoms with Crippen molar-refractivity contribution >= 4 is 39.2 Å². The van der Waals surface area contributed by atoms with Gasteiger partial charge in [-0.15, -0.1) is 0 Å². The van der Waals surface area contributed by atoms with Gasteiger partial charge in [-0.2, -0.15) is 0 Å². The Bertz CT molecular complexity index is 351. The first-order valence-electron chi connectivity index (χ1n) is 3.25. The highest BCUT2D eigenvalue weighted by Gasteiger charge is 2.05. The molecule has 0 fully saturated rings. The average molecular weight is 263 g/mol. The SMILES string of the molecule is O=Cc1ccc(OC(=O)Cl)c(Br)c1. The Morgan fingerprint density at radius 2 is 2.23 bits per heavy atom. The van der Waals surface area contributed by atoms with E-state index in [1.54, 1.807) is 0 Å². The highest BCUT2D eigenvalue weighted by Crippen LogP contribution is 2.25. The molecule has 0 aliphatic rings. The first kappa shape index (κ1) is 10.2. The number of ether oxygens (including phenoxy) is 1. The van der Waals surface area contributed by atoms with Crippen molar-refractivity contribution in [2.75, 3.05) is 0 Å². The number of carbonyl (C=O) groups is 2. The van der Waals surface area contributed by atoms with E-state index in [0.717, 1.165) is 0 Å². The van der Waals surface area contributed by atoms with Crippen LogP contribution in [-0.4, -0.2) is 11.7 Å². The maximum atomic E-state index is 10.4. The van der Waals surface area contributed by atoms with Gasteiger partial charge in [-0.3, -0.25) is 4.79 Å². The van der Waals surface area contributed by atoms with E-state index in [4.69, 9.17) is 11.6 Å². The van der Waals surface area contributed by atoms with Crippen LogP contribution in [0.25, 0.3) is 0 Å². The van der Waals surface area contributed by atoms with Crippen molar-refractivity contribution in [1.82, 2.24) is 0 Å². The van der Waals surface area contributed by atoms with Gasteiger partial charge in [-0.05, 0) is 34.1 Å². The van der Waals surface area contributed by atoms with Gasteiger partial charge in [-0.25, -0.2) is 4.79 Å². The molecule has 0 spiro atoms. The molecule has 13 heavy (non-hydrogen) atoms. The molecular formula is C8H4BrClO3. The van der Waals surface area contributed by atoms with Crippen molar-refractivity contribution in [3.8, 4) is 5.75 Å². The van der Waals surface area contributed by atoms with E-state index in [-0.39, 0.29) is 5.75 Å². The Morgan fingerprint density at radius 1 is 1.54 bits per heavy atom. The molecule has 0 unspecified atom stereocenters. The molecule has 5 heteroatoms. The molecule has 0 aliphatic heterocycles. The molecule has 0 aromatic heterocycles. The summed E-state index contributed by atoms with van der Waals surface area (Å²) in [5.41, 5.74) is -0.430. The summed E-state index contributed by atoms with van der Waals surface area (Å²) >= 11 is 8.13. The van der Waals surface area contributed by atoms with E-state index < -0.39 is 5.43 Å². The van der Waals surface area contributed by atoms with E-state index >= 15 is 0 Å². The molecule has 0 heterocycles. The second-order valence-corrected chi connectivity index (χ2v) is 3.31. The summed E-state index contributed by atoms with van der Waals surface area (Å²) in [5, 5.41) is 0. The van der Waals surface area contributed by atoms with Crippen LogP contribution in [0.1, 0.15) is 10.4 Å². The lowest BCUT2D eigenvalue weighted by molar-refractivity contribution is 0.112. The maximum Gasteiger partial charge on any atom is 0.409 e. The number of benzene rings is 1. The highest BCUT2D eigenvalue weighted by atomic mass is 79.9. The van der Waals surface area contributed by atoms with Gasteiger partial charge in [-0.1, -0.05) is 0 Å². The molecule has 0 N–H and O–H groups in total. The Hall–Kier alpha value is -0.870. The van der Waals surface area contributed by atoms with Crippen LogP contribution in [0.5, 0.6) is 5.75 Å². The molecule has 68 valence electrons. The van der Waals surface area contributed by atoms with Crippen LogP contribution >= 0.6 is 27.5 Å². The predicted octanol–water partition coefficient (Wildman–Crippen LogP) is 3.00. The van der Waals surface area contributed by atoms with Gasteiger partial charge in [0.05, 0.1) is 4.47 Å². The lowest BCUT2D eigenvalue weighted by Gasteiger charge is -2.02. The normalized spacial score (nSPS) is 9.38. The molecule has 0 bridgehead atoms. The zero-order valence-corrected chi connectivity index (χ0v) is 8.63. The van der Waals surface area contributed by atoms with E-state index in [9.17, 15) is 9.59 Å². The fourth-order valence-corrected chi connectivity index (χ4v) is 1.32. The first-order chi connectivity index (χ1) is 6.13. The Morgan fingerprint density at radius 3 is 2.69 bits per heavy atom. The fraction of sp³-hybridized carbons (Fsp3) is 0. The Balaban J connectivity index is 2.98. The van der Waals surface area contributed by atoms with Gasteiger partial charge >= 0.3 is 5.43 Å². The van der Waals surface area contributed by atoms with Gasteiger partial charge in [0.1, 0.15) is 12.0 Å². The zero-order chi connectivity index (χ0) is 9.84. The Kier molecular flexibility index (Phi) is 3.45. The van der Waals surface area contributed by atoms with Gasteiger partial charge in [0.15, 0.2) is 0 Å². The van der Waals surface area contributed by atoms with Crippen molar-refractivity contribution in [2.45, 2.75) is 0 Å². The monoisotopic (exact) mass is 262 g/mol. The lowest BCUT2D eigenvalue weighted by atomic mass is 10.2. The van der Waals surface area contributed by atoms with E-state index in [1.165, 1.54) is 18.2 Å². The molecule has 0 aliphatic carbocycles. The second kappa shape index (κ2) is 4.39. The molecule has 0 atom stereocenters. The van der Waals surface area contributed by atoms with Crippen molar-refractivity contribution in [3.63, 3.8) is 0 Å². The van der Waals surface area contributed by atoms with Crippen LogP contribution in [0.3, 0.4) is 0 Å². The quantitative estimate of drug-likeness (QED) is 0.608. The predicted molar refractivity (Wildman–Crippen MR) is 51.4 cm³/mol. The smallest absolute Gasteiger partial charge is 0.409 e. The van der Waals surface area contributed by atoms with Crippen LogP contribution in [0.15, 0.2) is 22.7 Å². The minimum absolute atomic E-state index is 0.283. The molecule has 0 saturated heterocycles. The van der Waals surface area contributed by atoms with Crippen molar-refractivity contribution < 1.29 is 14.3 Å². The van der Waals surface area contributed by atoms with Crippen LogP contribution in [-0.2, 0) is 0 Å².